The van der Waals surface area contributed by atoms with Crippen LogP contribution in [0.3, 0.4) is 0 Å². The number of hydrogen-bond acceptors (Lipinski definition) is 4. The van der Waals surface area contributed by atoms with Crippen LogP contribution < -0.4 is 5.56 Å². The highest BCUT2D eigenvalue weighted by Crippen LogP contribution is 2.28. The third-order valence-electron chi connectivity index (χ3n) is 5.51. The van der Waals surface area contributed by atoms with Gasteiger partial charge in [0.1, 0.15) is 5.52 Å². The number of piperidine rings is 1. The Labute approximate surface area is 170 Å². The van der Waals surface area contributed by atoms with Gasteiger partial charge in [-0.3, -0.25) is 14.2 Å². The van der Waals surface area contributed by atoms with E-state index in [1.54, 1.807) is 27.8 Å². The molecule has 1 fully saturated rings. The van der Waals surface area contributed by atoms with Crippen LogP contribution in [-0.2, 0) is 6.54 Å². The Morgan fingerprint density at radius 2 is 1.83 bits per heavy atom. The first-order valence-corrected chi connectivity index (χ1v) is 10.2. The molecule has 2 aromatic heterocycles. The lowest BCUT2D eigenvalue weighted by molar-refractivity contribution is 0.0704. The van der Waals surface area contributed by atoms with E-state index >= 15 is 0 Å². The number of rotatable bonds is 4. The van der Waals surface area contributed by atoms with Crippen molar-refractivity contribution in [3.63, 3.8) is 0 Å². The Hall–Kier alpha value is -3.02. The molecule has 3 aromatic rings. The first-order valence-electron chi connectivity index (χ1n) is 10.2. The minimum Gasteiger partial charge on any atom is -0.337 e. The summed E-state index contributed by atoms with van der Waals surface area (Å²) < 4.78 is 1.59. The van der Waals surface area contributed by atoms with Gasteiger partial charge in [0.25, 0.3) is 11.5 Å². The van der Waals surface area contributed by atoms with Crippen molar-refractivity contribution in [2.24, 2.45) is 5.92 Å². The summed E-state index contributed by atoms with van der Waals surface area (Å²) in [7, 11) is 0. The molecule has 1 aliphatic heterocycles. The van der Waals surface area contributed by atoms with Gasteiger partial charge in [0.05, 0.1) is 0 Å². The SMILES string of the molecule is CC(C)Cn1c(=O)c(C(=O)N2CCC(c3ccccc3)CC2)nc2cccnc21. The van der Waals surface area contributed by atoms with Crippen LogP contribution >= 0.6 is 0 Å². The quantitative estimate of drug-likeness (QED) is 0.684. The Bertz CT molecular complexity index is 1070. The van der Waals surface area contributed by atoms with Crippen LogP contribution in [-0.4, -0.2) is 38.4 Å². The standard InChI is InChI=1S/C23H26N4O2/c1-16(2)15-27-21-19(9-6-12-24-21)25-20(23(27)29)22(28)26-13-10-18(11-14-26)17-7-4-3-5-8-17/h3-9,12,16,18H,10-11,13-15H2,1-2H3. The Balaban J connectivity index is 1.61. The number of likely N-dealkylation sites (tertiary alicyclic amines) is 1. The van der Waals surface area contributed by atoms with Crippen molar-refractivity contribution in [3.8, 4) is 0 Å². The van der Waals surface area contributed by atoms with Crippen molar-refractivity contribution in [3.05, 3.63) is 70.3 Å². The van der Waals surface area contributed by atoms with E-state index < -0.39 is 0 Å². The van der Waals surface area contributed by atoms with Gasteiger partial charge in [-0.05, 0) is 42.4 Å². The lowest BCUT2D eigenvalue weighted by Gasteiger charge is -2.32. The van der Waals surface area contributed by atoms with Crippen LogP contribution in [0, 0.1) is 5.92 Å². The molecule has 1 aliphatic rings. The summed E-state index contributed by atoms with van der Waals surface area (Å²) in [6, 6.07) is 14.0. The summed E-state index contributed by atoms with van der Waals surface area (Å²) in [5.74, 6) is 0.432. The van der Waals surface area contributed by atoms with Crippen molar-refractivity contribution >= 4 is 17.1 Å². The minimum atomic E-state index is -0.347. The van der Waals surface area contributed by atoms with Gasteiger partial charge >= 0.3 is 0 Å². The third kappa shape index (κ3) is 3.92. The van der Waals surface area contributed by atoms with Crippen LogP contribution in [0.15, 0.2) is 53.5 Å². The summed E-state index contributed by atoms with van der Waals surface area (Å²) in [6.45, 7) is 5.85. The number of hydrogen-bond donors (Lipinski definition) is 0. The molecular weight excluding hydrogens is 364 g/mol. The van der Waals surface area contributed by atoms with Crippen molar-refractivity contribution in [1.29, 1.82) is 0 Å². The molecule has 4 rings (SSSR count). The number of amides is 1. The Kier molecular flexibility index (Phi) is 5.43. The van der Waals surface area contributed by atoms with E-state index in [0.29, 0.717) is 36.7 Å². The summed E-state index contributed by atoms with van der Waals surface area (Å²) in [4.78, 5) is 36.8. The largest absolute Gasteiger partial charge is 0.337 e. The van der Waals surface area contributed by atoms with Gasteiger partial charge in [0.15, 0.2) is 11.3 Å². The van der Waals surface area contributed by atoms with Crippen LogP contribution in [0.5, 0.6) is 0 Å². The normalized spacial score (nSPS) is 15.2. The maximum atomic E-state index is 13.2. The number of pyridine rings is 1. The first-order chi connectivity index (χ1) is 14.0. The fraction of sp³-hybridized carbons (Fsp3) is 0.391. The average molecular weight is 390 g/mol. The zero-order valence-corrected chi connectivity index (χ0v) is 16.9. The molecule has 0 N–H and O–H groups in total. The van der Waals surface area contributed by atoms with Crippen molar-refractivity contribution in [2.75, 3.05) is 13.1 Å². The molecule has 29 heavy (non-hydrogen) atoms. The molecule has 0 radical (unpaired) electrons. The number of nitrogens with zero attached hydrogens (tertiary/aromatic N) is 4. The molecule has 1 saturated heterocycles. The molecule has 0 bridgehead atoms. The van der Waals surface area contributed by atoms with E-state index in [9.17, 15) is 9.59 Å². The monoisotopic (exact) mass is 390 g/mol. The number of aromatic nitrogens is 3. The minimum absolute atomic E-state index is 0.00399. The van der Waals surface area contributed by atoms with Crippen molar-refractivity contribution in [2.45, 2.75) is 39.2 Å². The van der Waals surface area contributed by atoms with Crippen molar-refractivity contribution in [1.82, 2.24) is 19.4 Å². The van der Waals surface area contributed by atoms with E-state index in [-0.39, 0.29) is 23.1 Å². The number of carbonyl (C=O) groups is 1. The van der Waals surface area contributed by atoms with Gasteiger partial charge < -0.3 is 4.90 Å². The van der Waals surface area contributed by atoms with Gasteiger partial charge in [-0.1, -0.05) is 44.2 Å². The lowest BCUT2D eigenvalue weighted by atomic mass is 9.89. The molecule has 0 atom stereocenters. The molecule has 0 unspecified atom stereocenters. The Morgan fingerprint density at radius 3 is 2.52 bits per heavy atom. The number of carbonyl (C=O) groups excluding carboxylic acids is 1. The van der Waals surface area contributed by atoms with Crippen LogP contribution in [0.1, 0.15) is 48.7 Å². The van der Waals surface area contributed by atoms with Gasteiger partial charge in [-0.15, -0.1) is 0 Å². The predicted molar refractivity (Wildman–Crippen MR) is 113 cm³/mol. The molecule has 0 aliphatic carbocycles. The van der Waals surface area contributed by atoms with Crippen LogP contribution in [0.2, 0.25) is 0 Å². The third-order valence-corrected chi connectivity index (χ3v) is 5.51. The first kappa shape index (κ1) is 19.3. The smallest absolute Gasteiger partial charge is 0.283 e. The topological polar surface area (TPSA) is 68.1 Å². The second-order valence-electron chi connectivity index (χ2n) is 8.09. The second-order valence-corrected chi connectivity index (χ2v) is 8.09. The number of fused-ring (bicyclic) bond motifs is 1. The van der Waals surface area contributed by atoms with Crippen molar-refractivity contribution < 1.29 is 4.79 Å². The molecule has 150 valence electrons. The van der Waals surface area contributed by atoms with Gasteiger partial charge in [0, 0.05) is 25.8 Å². The predicted octanol–water partition coefficient (Wildman–Crippen LogP) is 3.47. The van der Waals surface area contributed by atoms with E-state index in [2.05, 4.69) is 34.2 Å². The highest BCUT2D eigenvalue weighted by Gasteiger charge is 2.28. The second kappa shape index (κ2) is 8.15. The highest BCUT2D eigenvalue weighted by atomic mass is 16.2. The Morgan fingerprint density at radius 1 is 1.10 bits per heavy atom. The van der Waals surface area contributed by atoms with E-state index in [1.807, 2.05) is 19.9 Å². The van der Waals surface area contributed by atoms with Gasteiger partial charge in [-0.2, -0.15) is 0 Å². The lowest BCUT2D eigenvalue weighted by Crippen LogP contribution is -2.42. The molecule has 3 heterocycles. The maximum Gasteiger partial charge on any atom is 0.283 e. The van der Waals surface area contributed by atoms with Crippen LogP contribution in [0.4, 0.5) is 0 Å². The molecule has 6 heteroatoms. The molecular formula is C23H26N4O2. The fourth-order valence-corrected chi connectivity index (χ4v) is 4.04. The summed E-state index contributed by atoms with van der Waals surface area (Å²) in [5, 5.41) is 0. The zero-order chi connectivity index (χ0) is 20.4. The highest BCUT2D eigenvalue weighted by molar-refractivity contribution is 5.93. The fourth-order valence-electron chi connectivity index (χ4n) is 4.04. The molecule has 1 amide bonds. The summed E-state index contributed by atoms with van der Waals surface area (Å²) in [5.41, 5.74) is 2.08. The summed E-state index contributed by atoms with van der Waals surface area (Å²) in [6.07, 6.45) is 3.44. The van der Waals surface area contributed by atoms with Gasteiger partial charge in [0.2, 0.25) is 0 Å². The van der Waals surface area contributed by atoms with Gasteiger partial charge in [-0.25, -0.2) is 9.97 Å². The molecule has 1 aromatic carbocycles. The molecule has 0 spiro atoms. The molecule has 0 saturated carbocycles. The zero-order valence-electron chi connectivity index (χ0n) is 16.9. The number of benzene rings is 1. The van der Waals surface area contributed by atoms with E-state index in [0.717, 1.165) is 12.8 Å². The average Bonchev–Trinajstić information content (AvgIpc) is 2.75. The van der Waals surface area contributed by atoms with E-state index in [1.165, 1.54) is 5.56 Å². The summed E-state index contributed by atoms with van der Waals surface area (Å²) >= 11 is 0. The van der Waals surface area contributed by atoms with E-state index in [4.69, 9.17) is 0 Å². The van der Waals surface area contributed by atoms with Crippen LogP contribution in [0.25, 0.3) is 11.2 Å². The maximum absolute atomic E-state index is 13.2. The molecule has 6 nitrogen and oxygen atoms in total.